The Morgan fingerprint density at radius 2 is 1.87 bits per heavy atom. The van der Waals surface area contributed by atoms with Gasteiger partial charge < -0.3 is 25.0 Å². The second-order valence-electron chi connectivity index (χ2n) is 10.8. The van der Waals surface area contributed by atoms with E-state index >= 15 is 0 Å². The normalized spacial score (nSPS) is 18.6. The fourth-order valence-corrected chi connectivity index (χ4v) is 6.04. The number of benzene rings is 2. The van der Waals surface area contributed by atoms with Crippen LogP contribution in [0.15, 0.2) is 55.1 Å². The minimum Gasteiger partial charge on any atom is -0.367 e. The van der Waals surface area contributed by atoms with E-state index in [0.29, 0.717) is 23.5 Å². The second kappa shape index (κ2) is 9.44. The summed E-state index contributed by atoms with van der Waals surface area (Å²) in [6.45, 7) is 7.85. The first-order valence-corrected chi connectivity index (χ1v) is 13.3. The highest BCUT2D eigenvalue weighted by atomic mass is 16.2. The van der Waals surface area contributed by atoms with Crippen LogP contribution >= 0.6 is 0 Å². The molecule has 1 spiro atoms. The molecule has 2 N–H and O–H groups in total. The lowest BCUT2D eigenvalue weighted by Gasteiger charge is -2.47. The number of aromatic nitrogens is 1. The van der Waals surface area contributed by atoms with Gasteiger partial charge in [0.25, 0.3) is 5.91 Å². The summed E-state index contributed by atoms with van der Waals surface area (Å²) >= 11 is 0. The van der Waals surface area contributed by atoms with Crippen LogP contribution in [0, 0.1) is 0 Å². The monoisotopic (exact) mass is 511 g/mol. The molecule has 0 radical (unpaired) electrons. The second-order valence-corrected chi connectivity index (χ2v) is 10.8. The molecular formula is C30H33N5O3. The van der Waals surface area contributed by atoms with Crippen LogP contribution in [0.3, 0.4) is 0 Å². The van der Waals surface area contributed by atoms with Gasteiger partial charge in [0.1, 0.15) is 5.69 Å². The number of carbonyl (C=O) groups excluding carboxylic acids is 3. The highest BCUT2D eigenvalue weighted by Gasteiger charge is 2.44. The number of hydrogen-bond donors (Lipinski definition) is 2. The van der Waals surface area contributed by atoms with Crippen LogP contribution in [0.25, 0.3) is 10.9 Å². The number of rotatable bonds is 6. The largest absolute Gasteiger partial charge is 0.367 e. The number of anilines is 2. The van der Waals surface area contributed by atoms with Gasteiger partial charge in [0.15, 0.2) is 5.78 Å². The summed E-state index contributed by atoms with van der Waals surface area (Å²) in [5, 5.41) is 6.96. The molecule has 8 heteroatoms. The number of hydrogen-bond acceptors (Lipinski definition) is 5. The minimum atomic E-state index is -0.277. The molecule has 1 aromatic heterocycles. The van der Waals surface area contributed by atoms with Crippen LogP contribution in [0.1, 0.15) is 45.7 Å². The van der Waals surface area contributed by atoms with Crippen molar-refractivity contribution in [3.8, 4) is 0 Å². The number of nitrogens with zero attached hydrogens (tertiary/aromatic N) is 3. The Bertz CT molecular complexity index is 1460. The Labute approximate surface area is 222 Å². The van der Waals surface area contributed by atoms with Crippen LogP contribution in [0.4, 0.5) is 11.4 Å². The number of likely N-dealkylation sites (N-methyl/N-ethyl adjacent to an activating group) is 1. The molecule has 1 saturated heterocycles. The fraction of sp³-hybridized carbons (Fsp3) is 0.367. The molecule has 0 unspecified atom stereocenters. The highest BCUT2D eigenvalue weighted by Crippen LogP contribution is 2.44. The van der Waals surface area contributed by atoms with Gasteiger partial charge in [0.05, 0.1) is 16.9 Å². The van der Waals surface area contributed by atoms with Crippen molar-refractivity contribution in [1.29, 1.82) is 0 Å². The Balaban J connectivity index is 1.29. The average Bonchev–Trinajstić information content (AvgIpc) is 3.29. The van der Waals surface area contributed by atoms with Gasteiger partial charge in [-0.3, -0.25) is 14.4 Å². The maximum Gasteiger partial charge on any atom is 0.268 e. The maximum atomic E-state index is 13.5. The maximum absolute atomic E-state index is 13.5. The first-order valence-electron chi connectivity index (χ1n) is 13.3. The van der Waals surface area contributed by atoms with E-state index in [1.807, 2.05) is 42.5 Å². The number of Topliss-reactive ketones (excluding diaryl/α,β-unsaturated/α-hetero) is 1. The van der Waals surface area contributed by atoms with E-state index in [9.17, 15) is 14.4 Å². The number of carbonyl (C=O) groups is 3. The fourth-order valence-electron chi connectivity index (χ4n) is 6.04. The van der Waals surface area contributed by atoms with Crippen LogP contribution in [0.5, 0.6) is 0 Å². The molecular weight excluding hydrogens is 478 g/mol. The van der Waals surface area contributed by atoms with Crippen molar-refractivity contribution < 1.29 is 14.4 Å². The van der Waals surface area contributed by atoms with Crippen molar-refractivity contribution in [2.75, 3.05) is 50.0 Å². The van der Waals surface area contributed by atoms with Crippen LogP contribution in [-0.2, 0) is 16.8 Å². The van der Waals surface area contributed by atoms with Gasteiger partial charge in [-0.15, -0.1) is 0 Å². The molecule has 0 bridgehead atoms. The molecule has 6 rings (SSSR count). The summed E-state index contributed by atoms with van der Waals surface area (Å²) in [4.78, 5) is 42.8. The number of fused-ring (bicyclic) bond motifs is 4. The Morgan fingerprint density at radius 3 is 2.58 bits per heavy atom. The summed E-state index contributed by atoms with van der Waals surface area (Å²) in [5.41, 5.74) is 4.65. The molecule has 3 aliphatic rings. The van der Waals surface area contributed by atoms with Crippen LogP contribution < -0.4 is 15.5 Å². The van der Waals surface area contributed by atoms with E-state index in [2.05, 4.69) is 38.6 Å². The first kappa shape index (κ1) is 24.4. The third-order valence-corrected chi connectivity index (χ3v) is 8.41. The van der Waals surface area contributed by atoms with Crippen LogP contribution in [0.2, 0.25) is 0 Å². The van der Waals surface area contributed by atoms with Crippen molar-refractivity contribution in [3.05, 3.63) is 71.9 Å². The minimum absolute atomic E-state index is 0.00119. The van der Waals surface area contributed by atoms with E-state index in [4.69, 9.17) is 0 Å². The van der Waals surface area contributed by atoms with Gasteiger partial charge in [0.2, 0.25) is 5.91 Å². The van der Waals surface area contributed by atoms with Gasteiger partial charge >= 0.3 is 0 Å². The topological polar surface area (TPSA) is 86.7 Å². The summed E-state index contributed by atoms with van der Waals surface area (Å²) in [5.74, 6) is -0.332. The first-order chi connectivity index (χ1) is 18.4. The molecule has 38 heavy (non-hydrogen) atoms. The molecule has 2 fully saturated rings. The Hall–Kier alpha value is -3.91. The van der Waals surface area contributed by atoms with Gasteiger partial charge in [-0.25, -0.2) is 0 Å². The Morgan fingerprint density at radius 1 is 1.08 bits per heavy atom. The molecule has 1 aliphatic carbocycles. The van der Waals surface area contributed by atoms with Crippen molar-refractivity contribution in [2.24, 2.45) is 0 Å². The molecule has 2 amide bonds. The molecule has 196 valence electrons. The van der Waals surface area contributed by atoms with Crippen molar-refractivity contribution >= 4 is 39.9 Å². The van der Waals surface area contributed by atoms with E-state index in [1.165, 1.54) is 6.08 Å². The zero-order valence-corrected chi connectivity index (χ0v) is 21.8. The average molecular weight is 512 g/mol. The highest BCUT2D eigenvalue weighted by molar-refractivity contribution is 6.05. The van der Waals surface area contributed by atoms with Gasteiger partial charge in [-0.1, -0.05) is 24.8 Å². The summed E-state index contributed by atoms with van der Waals surface area (Å²) < 4.78 is 2.18. The van der Waals surface area contributed by atoms with Gasteiger partial charge in [-0.2, -0.15) is 0 Å². The SMILES string of the molecule is C=CC(=O)Nc1cc(CC(=O)c2ccc3cc4n(c3c2)C2(CCC2)CNC4=O)ccc1N1CCN(C)CC1. The molecule has 8 nitrogen and oxygen atoms in total. The number of amides is 2. The van der Waals surface area contributed by atoms with E-state index < -0.39 is 0 Å². The number of nitrogens with one attached hydrogen (secondary N) is 2. The quantitative estimate of drug-likeness (QED) is 0.390. The van der Waals surface area contributed by atoms with E-state index in [-0.39, 0.29) is 29.6 Å². The van der Waals surface area contributed by atoms with Gasteiger partial charge in [0, 0.05) is 55.6 Å². The predicted octanol–water partition coefficient (Wildman–Crippen LogP) is 3.57. The third-order valence-electron chi connectivity index (χ3n) is 8.41. The van der Waals surface area contributed by atoms with Crippen molar-refractivity contribution in [1.82, 2.24) is 14.8 Å². The molecule has 3 aromatic rings. The van der Waals surface area contributed by atoms with Gasteiger partial charge in [-0.05, 0) is 62.2 Å². The van der Waals surface area contributed by atoms with E-state index in [0.717, 1.165) is 67.6 Å². The van der Waals surface area contributed by atoms with E-state index in [1.54, 1.807) is 0 Å². The number of piperazine rings is 1. The lowest BCUT2D eigenvalue weighted by atomic mass is 9.75. The van der Waals surface area contributed by atoms with Crippen molar-refractivity contribution in [3.63, 3.8) is 0 Å². The summed E-state index contributed by atoms with van der Waals surface area (Å²) in [6, 6.07) is 13.5. The molecule has 1 saturated carbocycles. The lowest BCUT2D eigenvalue weighted by Crippen LogP contribution is -2.55. The third kappa shape index (κ3) is 4.19. The zero-order valence-electron chi connectivity index (χ0n) is 21.8. The van der Waals surface area contributed by atoms with Crippen molar-refractivity contribution in [2.45, 2.75) is 31.2 Å². The number of ketones is 1. The lowest BCUT2D eigenvalue weighted by molar-refractivity contribution is -0.111. The predicted molar refractivity (Wildman–Crippen MR) is 149 cm³/mol. The smallest absolute Gasteiger partial charge is 0.268 e. The zero-order chi connectivity index (χ0) is 26.4. The van der Waals surface area contributed by atoms with Crippen LogP contribution in [-0.4, -0.2) is 66.8 Å². The summed E-state index contributed by atoms with van der Waals surface area (Å²) in [7, 11) is 2.11. The summed E-state index contributed by atoms with van der Waals surface area (Å²) in [6.07, 6.45) is 4.67. The molecule has 2 aliphatic heterocycles. The molecule has 3 heterocycles. The molecule has 2 aromatic carbocycles. The molecule has 0 atom stereocenters. The standard InChI is InChI=1S/C30H33N5O3/c1-3-28(37)32-23-15-20(5-8-24(23)34-13-11-33(2)12-14-34)16-27(36)22-7-6-21-17-26-29(38)31-19-30(9-4-10-30)35(26)25(21)18-22/h3,5-8,15,17-18H,1,4,9-14,16,19H2,2H3,(H,31,38)(H,32,37). The Kier molecular flexibility index (Phi) is 6.07.